The van der Waals surface area contributed by atoms with Gasteiger partial charge in [0.2, 0.25) is 5.91 Å². The molecule has 6 heterocycles. The summed E-state index contributed by atoms with van der Waals surface area (Å²) in [6, 6.07) is 4.15. The van der Waals surface area contributed by atoms with Crippen LogP contribution < -0.4 is 0 Å². The van der Waals surface area contributed by atoms with Crippen molar-refractivity contribution >= 4 is 11.9 Å². The fourth-order valence-electron chi connectivity index (χ4n) is 6.25. The van der Waals surface area contributed by atoms with E-state index < -0.39 is 6.10 Å². The van der Waals surface area contributed by atoms with Crippen LogP contribution in [0.1, 0.15) is 50.8 Å². The zero-order valence-electron chi connectivity index (χ0n) is 19.0. The summed E-state index contributed by atoms with van der Waals surface area (Å²) in [6.07, 6.45) is 6.87. The summed E-state index contributed by atoms with van der Waals surface area (Å²) < 4.78 is 6.65. The Bertz CT molecular complexity index is 1130. The highest BCUT2D eigenvalue weighted by molar-refractivity contribution is 5.94. The lowest BCUT2D eigenvalue weighted by Crippen LogP contribution is -2.51. The average Bonchev–Trinajstić information content (AvgIpc) is 3.60. The number of aliphatic hydroxyl groups is 1. The Kier molecular flexibility index (Phi) is 4.99. The number of tetrazole rings is 1. The summed E-state index contributed by atoms with van der Waals surface area (Å²) in [5, 5.41) is 22.0. The van der Waals surface area contributed by atoms with Crippen molar-refractivity contribution in [2.75, 3.05) is 19.7 Å². The zero-order chi connectivity index (χ0) is 23.4. The Morgan fingerprint density at radius 3 is 2.65 bits per heavy atom. The number of likely N-dealkylation sites (tertiary alicyclic amines) is 1. The van der Waals surface area contributed by atoms with Gasteiger partial charge in [0.25, 0.3) is 0 Å². The first-order valence-corrected chi connectivity index (χ1v) is 11.8. The van der Waals surface area contributed by atoms with Crippen molar-refractivity contribution in [3.8, 4) is 5.69 Å². The summed E-state index contributed by atoms with van der Waals surface area (Å²) in [6.45, 7) is 3.06. The molecule has 3 fully saturated rings. The number of piperidine rings is 1. The summed E-state index contributed by atoms with van der Waals surface area (Å²) in [5.41, 5.74) is 2.23. The Morgan fingerprint density at radius 1 is 1.24 bits per heavy atom. The number of pyridine rings is 1. The second-order valence-electron chi connectivity index (χ2n) is 9.84. The Balaban J connectivity index is 1.14. The van der Waals surface area contributed by atoms with Crippen LogP contribution in [0, 0.1) is 5.41 Å². The summed E-state index contributed by atoms with van der Waals surface area (Å²) in [5.74, 6) is -0.190. The normalized spacial score (nSPS) is 30.0. The monoisotopic (exact) mass is 465 g/mol. The molecular weight excluding hydrogens is 438 g/mol. The molecule has 6 rings (SSSR count). The van der Waals surface area contributed by atoms with Gasteiger partial charge in [0, 0.05) is 25.2 Å². The minimum absolute atomic E-state index is 0.136. The number of esters is 1. The number of ether oxygens (including phenoxy) is 1. The van der Waals surface area contributed by atoms with Crippen molar-refractivity contribution in [1.29, 1.82) is 0 Å². The number of carbonyl (C=O) groups is 2. The number of carbonyl (C=O) groups excluding carboxylic acids is 2. The van der Waals surface area contributed by atoms with E-state index in [2.05, 4.69) is 25.4 Å². The van der Waals surface area contributed by atoms with Crippen molar-refractivity contribution in [3.05, 3.63) is 41.6 Å². The molecule has 178 valence electrons. The van der Waals surface area contributed by atoms with Crippen molar-refractivity contribution in [2.24, 2.45) is 5.41 Å². The van der Waals surface area contributed by atoms with Crippen LogP contribution in [0.3, 0.4) is 0 Å². The minimum atomic E-state index is -0.717. The predicted octanol–water partition coefficient (Wildman–Crippen LogP) is 0.767. The molecule has 1 N–H and O–H groups in total. The zero-order valence-corrected chi connectivity index (χ0v) is 19.0. The van der Waals surface area contributed by atoms with Gasteiger partial charge in [-0.3, -0.25) is 14.7 Å². The fourth-order valence-corrected chi connectivity index (χ4v) is 6.25. The molecule has 2 bridgehead atoms. The third-order valence-corrected chi connectivity index (χ3v) is 8.05. The molecule has 1 unspecified atom stereocenters. The van der Waals surface area contributed by atoms with E-state index in [9.17, 15) is 14.7 Å². The molecule has 11 heteroatoms. The number of cyclic esters (lactones) is 1. The number of hydrogen-bond acceptors (Lipinski definition) is 9. The first-order chi connectivity index (χ1) is 16.4. The first-order valence-electron chi connectivity index (χ1n) is 11.8. The van der Waals surface area contributed by atoms with Crippen molar-refractivity contribution in [3.63, 3.8) is 0 Å². The van der Waals surface area contributed by atoms with E-state index in [1.165, 1.54) is 11.0 Å². The van der Waals surface area contributed by atoms with Crippen LogP contribution >= 0.6 is 0 Å². The van der Waals surface area contributed by atoms with Crippen molar-refractivity contribution in [1.82, 2.24) is 35.0 Å². The fraction of sp³-hybridized carbons (Fsp3) is 0.565. The second-order valence-corrected chi connectivity index (χ2v) is 9.84. The van der Waals surface area contributed by atoms with Crippen LogP contribution in [0.25, 0.3) is 5.69 Å². The van der Waals surface area contributed by atoms with E-state index in [0.717, 1.165) is 43.5 Å². The molecule has 3 atom stereocenters. The SMILES string of the molecule is CC1=C(N2CCC3(C[C@H]4CC[C@H](C3)N4CC(O)c3ccc(-n4cnnn4)cn3)C2=O)COC1=O. The highest BCUT2D eigenvalue weighted by Gasteiger charge is 2.56. The number of rotatable bonds is 5. The van der Waals surface area contributed by atoms with E-state index in [-0.39, 0.29) is 36.0 Å². The summed E-state index contributed by atoms with van der Waals surface area (Å²) in [7, 11) is 0. The van der Waals surface area contributed by atoms with Gasteiger partial charge in [0.1, 0.15) is 19.0 Å². The maximum absolute atomic E-state index is 13.6. The number of aromatic nitrogens is 5. The molecule has 1 amide bonds. The molecular formula is C23H27N7O4. The second kappa shape index (κ2) is 7.95. The topological polar surface area (TPSA) is 127 Å². The van der Waals surface area contributed by atoms with Crippen LogP contribution in [0.2, 0.25) is 0 Å². The maximum Gasteiger partial charge on any atom is 0.336 e. The molecule has 0 radical (unpaired) electrons. The maximum atomic E-state index is 13.6. The largest absolute Gasteiger partial charge is 0.456 e. The van der Waals surface area contributed by atoms with Gasteiger partial charge in [-0.15, -0.1) is 5.10 Å². The van der Waals surface area contributed by atoms with E-state index in [1.54, 1.807) is 24.1 Å². The van der Waals surface area contributed by atoms with Gasteiger partial charge in [-0.2, -0.15) is 4.68 Å². The molecule has 4 aliphatic heterocycles. The van der Waals surface area contributed by atoms with Crippen LogP contribution in [0.5, 0.6) is 0 Å². The Morgan fingerprint density at radius 2 is 2.03 bits per heavy atom. The lowest BCUT2D eigenvalue weighted by Gasteiger charge is -2.44. The smallest absolute Gasteiger partial charge is 0.336 e. The van der Waals surface area contributed by atoms with Crippen LogP contribution in [0.4, 0.5) is 0 Å². The summed E-state index contributed by atoms with van der Waals surface area (Å²) >= 11 is 0. The molecule has 2 aromatic rings. The van der Waals surface area contributed by atoms with Gasteiger partial charge in [0.15, 0.2) is 0 Å². The lowest BCUT2D eigenvalue weighted by atomic mass is 9.73. The van der Waals surface area contributed by atoms with Gasteiger partial charge >= 0.3 is 5.97 Å². The molecule has 2 aromatic heterocycles. The standard InChI is InChI=1S/C23H27N7O4/c1-14-19(12-34-21(14)32)28-7-6-23(22(28)33)8-15-2-3-16(9-23)29(15)11-20(31)18-5-4-17(10-24-18)30-13-25-26-27-30/h4-5,10,13,15-16,20,31H,2-3,6-9,11-12H2,1H3/t15-,16-,20?/m1/s1. The van der Waals surface area contributed by atoms with E-state index in [4.69, 9.17) is 4.74 Å². The summed E-state index contributed by atoms with van der Waals surface area (Å²) in [4.78, 5) is 33.9. The van der Waals surface area contributed by atoms with E-state index >= 15 is 0 Å². The van der Waals surface area contributed by atoms with Crippen molar-refractivity contribution in [2.45, 2.75) is 57.2 Å². The number of amides is 1. The Hall–Kier alpha value is -3.18. The number of fused-ring (bicyclic) bond motifs is 2. The molecule has 4 aliphatic rings. The van der Waals surface area contributed by atoms with Gasteiger partial charge < -0.3 is 14.7 Å². The molecule has 11 nitrogen and oxygen atoms in total. The number of aliphatic hydroxyl groups excluding tert-OH is 1. The quantitative estimate of drug-likeness (QED) is 0.637. The first kappa shape index (κ1) is 21.4. The molecule has 0 aliphatic carbocycles. The molecule has 3 saturated heterocycles. The third kappa shape index (κ3) is 3.33. The average molecular weight is 466 g/mol. The van der Waals surface area contributed by atoms with Crippen LogP contribution in [0.15, 0.2) is 35.9 Å². The molecule has 1 spiro atoms. The van der Waals surface area contributed by atoms with Crippen molar-refractivity contribution < 1.29 is 19.4 Å². The number of nitrogens with zero attached hydrogens (tertiary/aromatic N) is 7. The van der Waals surface area contributed by atoms with Gasteiger partial charge in [-0.25, -0.2) is 4.79 Å². The third-order valence-electron chi connectivity index (χ3n) is 8.05. The molecule has 0 aromatic carbocycles. The van der Waals surface area contributed by atoms with Gasteiger partial charge in [-0.1, -0.05) is 0 Å². The van der Waals surface area contributed by atoms with Crippen LogP contribution in [-0.4, -0.2) is 83.8 Å². The Labute approximate surface area is 196 Å². The van der Waals surface area contributed by atoms with E-state index in [1.807, 2.05) is 6.07 Å². The minimum Gasteiger partial charge on any atom is -0.456 e. The van der Waals surface area contributed by atoms with E-state index in [0.29, 0.717) is 24.4 Å². The molecule has 0 saturated carbocycles. The van der Waals surface area contributed by atoms with Gasteiger partial charge in [0.05, 0.1) is 34.3 Å². The highest BCUT2D eigenvalue weighted by Crippen LogP contribution is 2.52. The van der Waals surface area contributed by atoms with Crippen LogP contribution in [-0.2, 0) is 14.3 Å². The highest BCUT2D eigenvalue weighted by atomic mass is 16.5. The predicted molar refractivity (Wildman–Crippen MR) is 117 cm³/mol. The van der Waals surface area contributed by atoms with Gasteiger partial charge in [-0.05, 0) is 61.6 Å². The molecule has 34 heavy (non-hydrogen) atoms. The number of hydrogen-bond donors (Lipinski definition) is 1. The lowest BCUT2D eigenvalue weighted by molar-refractivity contribution is -0.140.